The molecule has 1 aromatic rings. The van der Waals surface area contributed by atoms with E-state index in [0.717, 1.165) is 12.0 Å². The molecule has 0 amide bonds. The van der Waals surface area contributed by atoms with E-state index in [2.05, 4.69) is 0 Å². The van der Waals surface area contributed by atoms with Crippen LogP contribution < -0.4 is 0 Å². The van der Waals surface area contributed by atoms with Crippen LogP contribution in [0.3, 0.4) is 0 Å². The second-order valence-electron chi connectivity index (χ2n) is 5.00. The molecule has 1 aliphatic carbocycles. The standard InChI is InChI=1S/C13H17F3OS/c14-13(15,16)11-4-2-1-3-10(11)12(17)7-9-5-6-18-8-9/h5-6,8,10-12,17H,1-4,7H2. The summed E-state index contributed by atoms with van der Waals surface area (Å²) in [6.07, 6.45) is -2.68. The maximum Gasteiger partial charge on any atom is 0.392 e. The second kappa shape index (κ2) is 5.61. The molecule has 5 heteroatoms. The molecule has 0 aliphatic heterocycles. The molecule has 0 bridgehead atoms. The van der Waals surface area contributed by atoms with Crippen LogP contribution in [0.4, 0.5) is 13.2 Å². The van der Waals surface area contributed by atoms with Crippen molar-refractivity contribution in [3.05, 3.63) is 22.4 Å². The van der Waals surface area contributed by atoms with Crippen molar-refractivity contribution in [1.82, 2.24) is 0 Å². The Labute approximate surface area is 109 Å². The SMILES string of the molecule is OC(Cc1ccsc1)C1CCCCC1C(F)(F)F. The number of thiophene rings is 1. The van der Waals surface area contributed by atoms with Crippen molar-refractivity contribution in [3.63, 3.8) is 0 Å². The van der Waals surface area contributed by atoms with E-state index in [4.69, 9.17) is 0 Å². The van der Waals surface area contributed by atoms with Crippen LogP contribution in [0.25, 0.3) is 0 Å². The van der Waals surface area contributed by atoms with E-state index in [9.17, 15) is 18.3 Å². The highest BCUT2D eigenvalue weighted by Gasteiger charge is 2.47. The van der Waals surface area contributed by atoms with E-state index in [1.165, 1.54) is 11.3 Å². The third-order valence-corrected chi connectivity index (χ3v) is 4.49. The fourth-order valence-electron chi connectivity index (χ4n) is 2.83. The number of hydrogen-bond donors (Lipinski definition) is 1. The Hall–Kier alpha value is -0.550. The molecule has 0 radical (unpaired) electrons. The van der Waals surface area contributed by atoms with E-state index in [1.807, 2.05) is 16.8 Å². The Morgan fingerprint density at radius 2 is 2.06 bits per heavy atom. The number of halogens is 3. The minimum absolute atomic E-state index is 0.162. The normalized spacial score (nSPS) is 27.1. The summed E-state index contributed by atoms with van der Waals surface area (Å²) in [6, 6.07) is 1.86. The molecule has 1 N–H and O–H groups in total. The molecule has 3 atom stereocenters. The lowest BCUT2D eigenvalue weighted by Crippen LogP contribution is -2.40. The van der Waals surface area contributed by atoms with E-state index in [-0.39, 0.29) is 6.42 Å². The Kier molecular flexibility index (Phi) is 4.33. The van der Waals surface area contributed by atoms with Gasteiger partial charge in [0.25, 0.3) is 0 Å². The van der Waals surface area contributed by atoms with Crippen molar-refractivity contribution >= 4 is 11.3 Å². The quantitative estimate of drug-likeness (QED) is 0.885. The lowest BCUT2D eigenvalue weighted by atomic mass is 9.74. The largest absolute Gasteiger partial charge is 0.392 e. The number of aliphatic hydroxyl groups excluding tert-OH is 1. The van der Waals surface area contributed by atoms with Gasteiger partial charge >= 0.3 is 6.18 Å². The molecule has 2 rings (SSSR count). The summed E-state index contributed by atoms with van der Waals surface area (Å²) in [6.45, 7) is 0. The first kappa shape index (κ1) is 13.9. The van der Waals surface area contributed by atoms with E-state index >= 15 is 0 Å². The molecule has 102 valence electrons. The van der Waals surface area contributed by atoms with Crippen LogP contribution >= 0.6 is 11.3 Å². The smallest absolute Gasteiger partial charge is 0.392 e. The van der Waals surface area contributed by atoms with Crippen LogP contribution in [0, 0.1) is 11.8 Å². The predicted molar refractivity (Wildman–Crippen MR) is 65.5 cm³/mol. The third-order valence-electron chi connectivity index (χ3n) is 3.76. The van der Waals surface area contributed by atoms with E-state index in [1.54, 1.807) is 0 Å². The lowest BCUT2D eigenvalue weighted by Gasteiger charge is -2.35. The Morgan fingerprint density at radius 3 is 2.67 bits per heavy atom. The molecular formula is C13H17F3OS. The highest BCUT2D eigenvalue weighted by molar-refractivity contribution is 7.07. The fraction of sp³-hybridized carbons (Fsp3) is 0.692. The van der Waals surface area contributed by atoms with Gasteiger partial charge in [0.1, 0.15) is 0 Å². The Bertz CT molecular complexity index is 361. The first-order chi connectivity index (χ1) is 8.48. The van der Waals surface area contributed by atoms with Gasteiger partial charge in [0.2, 0.25) is 0 Å². The van der Waals surface area contributed by atoms with Gasteiger partial charge in [-0.3, -0.25) is 0 Å². The van der Waals surface area contributed by atoms with Gasteiger partial charge in [0.05, 0.1) is 12.0 Å². The molecule has 0 aromatic carbocycles. The van der Waals surface area contributed by atoms with Gasteiger partial charge in [0, 0.05) is 0 Å². The van der Waals surface area contributed by atoms with E-state index in [0.29, 0.717) is 19.3 Å². The lowest BCUT2D eigenvalue weighted by molar-refractivity contribution is -0.206. The fourth-order valence-corrected chi connectivity index (χ4v) is 3.51. The molecule has 0 saturated heterocycles. The van der Waals surface area contributed by atoms with Crippen LogP contribution in [-0.4, -0.2) is 17.4 Å². The van der Waals surface area contributed by atoms with Gasteiger partial charge in [-0.2, -0.15) is 24.5 Å². The first-order valence-corrected chi connectivity index (χ1v) is 7.18. The van der Waals surface area contributed by atoms with Crippen molar-refractivity contribution in [2.45, 2.75) is 44.4 Å². The van der Waals surface area contributed by atoms with Crippen LogP contribution in [0.15, 0.2) is 16.8 Å². The van der Waals surface area contributed by atoms with Crippen LogP contribution in [0.2, 0.25) is 0 Å². The molecule has 1 fully saturated rings. The van der Waals surface area contributed by atoms with Gasteiger partial charge in [-0.1, -0.05) is 12.8 Å². The molecular weight excluding hydrogens is 261 g/mol. The zero-order chi connectivity index (χ0) is 13.2. The summed E-state index contributed by atoms with van der Waals surface area (Å²) < 4.78 is 38.8. The van der Waals surface area contributed by atoms with E-state index < -0.39 is 24.1 Å². The summed E-state index contributed by atoms with van der Waals surface area (Å²) in [5.41, 5.74) is 0.930. The van der Waals surface area contributed by atoms with Gasteiger partial charge in [-0.05, 0) is 47.6 Å². The maximum absolute atomic E-state index is 12.9. The zero-order valence-corrected chi connectivity index (χ0v) is 10.8. The minimum Gasteiger partial charge on any atom is -0.392 e. The van der Waals surface area contributed by atoms with Gasteiger partial charge in [-0.25, -0.2) is 0 Å². The van der Waals surface area contributed by atoms with Crippen molar-refractivity contribution < 1.29 is 18.3 Å². The maximum atomic E-state index is 12.9. The highest BCUT2D eigenvalue weighted by Crippen LogP contribution is 2.43. The summed E-state index contributed by atoms with van der Waals surface area (Å²) in [4.78, 5) is 0. The summed E-state index contributed by atoms with van der Waals surface area (Å²) in [5, 5.41) is 13.8. The Morgan fingerprint density at radius 1 is 1.33 bits per heavy atom. The second-order valence-corrected chi connectivity index (χ2v) is 5.78. The average molecular weight is 278 g/mol. The molecule has 1 saturated carbocycles. The number of hydrogen-bond acceptors (Lipinski definition) is 2. The Balaban J connectivity index is 2.04. The van der Waals surface area contributed by atoms with Gasteiger partial charge < -0.3 is 5.11 Å². The minimum atomic E-state index is -4.18. The van der Waals surface area contributed by atoms with Gasteiger partial charge in [-0.15, -0.1) is 0 Å². The molecule has 3 unspecified atom stereocenters. The molecule has 18 heavy (non-hydrogen) atoms. The number of rotatable bonds is 3. The first-order valence-electron chi connectivity index (χ1n) is 6.24. The molecule has 0 spiro atoms. The molecule has 1 nitrogen and oxygen atoms in total. The predicted octanol–water partition coefficient (Wildman–Crippen LogP) is 4.02. The third kappa shape index (κ3) is 3.26. The summed E-state index contributed by atoms with van der Waals surface area (Å²) in [5.74, 6) is -1.97. The zero-order valence-electron chi connectivity index (χ0n) is 9.99. The highest BCUT2D eigenvalue weighted by atomic mass is 32.1. The number of alkyl halides is 3. The van der Waals surface area contributed by atoms with Crippen molar-refractivity contribution in [1.29, 1.82) is 0 Å². The van der Waals surface area contributed by atoms with Gasteiger partial charge in [0.15, 0.2) is 0 Å². The van der Waals surface area contributed by atoms with Crippen LogP contribution in [0.1, 0.15) is 31.2 Å². The van der Waals surface area contributed by atoms with Crippen molar-refractivity contribution in [2.24, 2.45) is 11.8 Å². The van der Waals surface area contributed by atoms with Crippen molar-refractivity contribution in [2.75, 3.05) is 0 Å². The molecule has 1 aliphatic rings. The summed E-state index contributed by atoms with van der Waals surface area (Å²) >= 11 is 1.50. The average Bonchev–Trinajstić information content (AvgIpc) is 2.80. The molecule has 1 heterocycles. The van der Waals surface area contributed by atoms with Crippen molar-refractivity contribution in [3.8, 4) is 0 Å². The van der Waals surface area contributed by atoms with Crippen LogP contribution in [-0.2, 0) is 6.42 Å². The topological polar surface area (TPSA) is 20.2 Å². The number of aliphatic hydroxyl groups is 1. The monoisotopic (exact) mass is 278 g/mol. The molecule has 1 aromatic heterocycles. The summed E-state index contributed by atoms with van der Waals surface area (Å²) in [7, 11) is 0. The van der Waals surface area contributed by atoms with Crippen LogP contribution in [0.5, 0.6) is 0 Å².